The van der Waals surface area contributed by atoms with Crippen LogP contribution in [0.5, 0.6) is 0 Å². The number of carbonyl (C=O) groups is 2. The van der Waals surface area contributed by atoms with E-state index < -0.39 is 17.5 Å². The van der Waals surface area contributed by atoms with Gasteiger partial charge in [-0.05, 0) is 0 Å². The molecule has 0 aliphatic heterocycles. The summed E-state index contributed by atoms with van der Waals surface area (Å²) in [6, 6.07) is 0. The molecule has 21 heavy (non-hydrogen) atoms. The van der Waals surface area contributed by atoms with E-state index in [4.69, 9.17) is 19.3 Å². The average molecular weight is 302 g/mol. The maximum Gasteiger partial charge on any atom is 0.333 e. The van der Waals surface area contributed by atoms with Crippen molar-refractivity contribution in [2.75, 3.05) is 34.0 Å². The predicted molar refractivity (Wildman–Crippen MR) is 75.2 cm³/mol. The Balaban J connectivity index is 5.22. The van der Waals surface area contributed by atoms with Gasteiger partial charge in [0.1, 0.15) is 5.60 Å². The van der Waals surface area contributed by atoms with Gasteiger partial charge in [0.25, 0.3) is 0 Å². The average Bonchev–Trinajstić information content (AvgIpc) is 2.45. The van der Waals surface area contributed by atoms with Gasteiger partial charge < -0.3 is 24.4 Å². The molecule has 0 saturated carbocycles. The summed E-state index contributed by atoms with van der Waals surface area (Å²) in [6.45, 7) is 7.05. The molecule has 0 aliphatic carbocycles. The number of rotatable bonds is 12. The van der Waals surface area contributed by atoms with E-state index in [1.54, 1.807) is 0 Å². The van der Waals surface area contributed by atoms with Gasteiger partial charge in [-0.3, -0.25) is 0 Å². The molecule has 0 fully saturated rings. The second-order valence-corrected chi connectivity index (χ2v) is 4.46. The Bertz CT molecular complexity index is 392. The van der Waals surface area contributed by atoms with Gasteiger partial charge in [-0.25, -0.2) is 9.59 Å². The van der Waals surface area contributed by atoms with E-state index in [1.165, 1.54) is 14.2 Å². The number of carboxylic acid groups (broad SMARTS) is 2. The topological polar surface area (TPSA) is 102 Å². The zero-order valence-electron chi connectivity index (χ0n) is 12.4. The summed E-state index contributed by atoms with van der Waals surface area (Å²) in [7, 11) is 2.95. The maximum atomic E-state index is 11.3. The van der Waals surface area contributed by atoms with Crippen LogP contribution in [0.25, 0.3) is 0 Å². The van der Waals surface area contributed by atoms with Crippen LogP contribution < -0.4 is 0 Å². The first-order valence-electron chi connectivity index (χ1n) is 6.26. The van der Waals surface area contributed by atoms with Gasteiger partial charge in [-0.1, -0.05) is 13.2 Å². The van der Waals surface area contributed by atoms with Crippen molar-refractivity contribution in [3.8, 4) is 0 Å². The van der Waals surface area contributed by atoms with Crippen LogP contribution in [0.2, 0.25) is 0 Å². The molecule has 0 aromatic heterocycles. The first kappa shape index (κ1) is 19.3. The summed E-state index contributed by atoms with van der Waals surface area (Å²) in [5.74, 6) is -2.42. The molecule has 0 heterocycles. The van der Waals surface area contributed by atoms with E-state index in [0.29, 0.717) is 0 Å². The van der Waals surface area contributed by atoms with Gasteiger partial charge in [0.15, 0.2) is 0 Å². The van der Waals surface area contributed by atoms with Gasteiger partial charge in [0, 0.05) is 40.3 Å². The van der Waals surface area contributed by atoms with Crippen LogP contribution in [0.4, 0.5) is 0 Å². The number of hydrogen-bond acceptors (Lipinski definition) is 5. The van der Waals surface area contributed by atoms with Crippen molar-refractivity contribution >= 4 is 11.9 Å². The van der Waals surface area contributed by atoms with Crippen molar-refractivity contribution in [3.05, 3.63) is 24.3 Å². The van der Waals surface area contributed by atoms with Crippen LogP contribution >= 0.6 is 0 Å². The standard InChI is InChI=1S/C14H22O7/c1-10(12(15)16)9-21-14(5-7-19-3,6-8-20-4)11(2)13(17)18/h1-2,5-9H2,3-4H3,(H,15,16)(H,17,18). The van der Waals surface area contributed by atoms with Gasteiger partial charge in [-0.2, -0.15) is 0 Å². The fourth-order valence-corrected chi connectivity index (χ4v) is 1.67. The highest BCUT2D eigenvalue weighted by molar-refractivity contribution is 5.88. The van der Waals surface area contributed by atoms with E-state index in [-0.39, 0.29) is 43.8 Å². The molecule has 0 rings (SSSR count). The fourth-order valence-electron chi connectivity index (χ4n) is 1.67. The smallest absolute Gasteiger partial charge is 0.333 e. The molecule has 0 atom stereocenters. The monoisotopic (exact) mass is 302 g/mol. The Labute approximate surface area is 123 Å². The summed E-state index contributed by atoms with van der Waals surface area (Å²) in [4.78, 5) is 22.0. The number of hydrogen-bond donors (Lipinski definition) is 2. The minimum absolute atomic E-state index is 0.171. The van der Waals surface area contributed by atoms with E-state index in [0.717, 1.165) is 0 Å². The minimum atomic E-state index is -1.27. The molecule has 0 unspecified atom stereocenters. The third-order valence-electron chi connectivity index (χ3n) is 3.05. The fraction of sp³-hybridized carbons (Fsp3) is 0.571. The highest BCUT2D eigenvalue weighted by Gasteiger charge is 2.38. The predicted octanol–water partition coefficient (Wildman–Crippen LogP) is 1.10. The highest BCUT2D eigenvalue weighted by atomic mass is 16.5. The summed E-state index contributed by atoms with van der Waals surface area (Å²) in [5.41, 5.74) is -1.61. The molecule has 7 nitrogen and oxygen atoms in total. The third-order valence-corrected chi connectivity index (χ3v) is 3.05. The van der Waals surface area contributed by atoms with Crippen molar-refractivity contribution in [2.45, 2.75) is 18.4 Å². The van der Waals surface area contributed by atoms with Crippen molar-refractivity contribution in [3.63, 3.8) is 0 Å². The van der Waals surface area contributed by atoms with E-state index in [9.17, 15) is 14.7 Å². The number of carboxylic acids is 2. The van der Waals surface area contributed by atoms with Gasteiger partial charge in [0.05, 0.1) is 17.8 Å². The highest BCUT2D eigenvalue weighted by Crippen LogP contribution is 2.30. The second-order valence-electron chi connectivity index (χ2n) is 4.46. The summed E-state index contributed by atoms with van der Waals surface area (Å²) < 4.78 is 15.5. The number of aliphatic carboxylic acids is 2. The van der Waals surface area contributed by atoms with Gasteiger partial charge in [-0.15, -0.1) is 0 Å². The molecule has 0 aromatic carbocycles. The molecule has 0 bridgehead atoms. The lowest BCUT2D eigenvalue weighted by molar-refractivity contribution is -0.138. The molecule has 0 aromatic rings. The molecular formula is C14H22O7. The summed E-state index contributed by atoms with van der Waals surface area (Å²) in [6.07, 6.45) is 0.426. The lowest BCUT2D eigenvalue weighted by Gasteiger charge is -2.34. The van der Waals surface area contributed by atoms with Crippen molar-refractivity contribution < 1.29 is 34.0 Å². The van der Waals surface area contributed by atoms with Crippen molar-refractivity contribution in [1.29, 1.82) is 0 Å². The first-order valence-corrected chi connectivity index (χ1v) is 6.26. The molecule has 0 spiro atoms. The van der Waals surface area contributed by atoms with Crippen LogP contribution in [0.3, 0.4) is 0 Å². The molecule has 0 amide bonds. The maximum absolute atomic E-state index is 11.3. The number of methoxy groups -OCH3 is 2. The Morgan fingerprint density at radius 1 is 1.00 bits per heavy atom. The van der Waals surface area contributed by atoms with Crippen LogP contribution in [-0.2, 0) is 23.8 Å². The lowest BCUT2D eigenvalue weighted by Crippen LogP contribution is -2.41. The zero-order chi connectivity index (χ0) is 16.5. The third kappa shape index (κ3) is 6.07. The largest absolute Gasteiger partial charge is 0.478 e. The van der Waals surface area contributed by atoms with Crippen molar-refractivity contribution in [1.82, 2.24) is 0 Å². The van der Waals surface area contributed by atoms with Crippen LogP contribution in [0.1, 0.15) is 12.8 Å². The second kappa shape index (κ2) is 9.28. The first-order chi connectivity index (χ1) is 9.80. The molecule has 7 heteroatoms. The van der Waals surface area contributed by atoms with Gasteiger partial charge >= 0.3 is 11.9 Å². The van der Waals surface area contributed by atoms with E-state index in [2.05, 4.69) is 13.2 Å². The molecule has 2 N–H and O–H groups in total. The van der Waals surface area contributed by atoms with Crippen LogP contribution in [-0.4, -0.2) is 61.8 Å². The molecule has 0 aliphatic rings. The van der Waals surface area contributed by atoms with Crippen LogP contribution in [0, 0.1) is 0 Å². The molecule has 120 valence electrons. The summed E-state index contributed by atoms with van der Waals surface area (Å²) >= 11 is 0. The minimum Gasteiger partial charge on any atom is -0.478 e. The quantitative estimate of drug-likeness (QED) is 0.520. The van der Waals surface area contributed by atoms with E-state index in [1.807, 2.05) is 0 Å². The normalized spacial score (nSPS) is 11.1. The Morgan fingerprint density at radius 2 is 1.48 bits per heavy atom. The van der Waals surface area contributed by atoms with Crippen LogP contribution in [0.15, 0.2) is 24.3 Å². The number of ether oxygens (including phenoxy) is 3. The van der Waals surface area contributed by atoms with Gasteiger partial charge in [0.2, 0.25) is 0 Å². The zero-order valence-corrected chi connectivity index (χ0v) is 12.4. The van der Waals surface area contributed by atoms with Crippen molar-refractivity contribution in [2.24, 2.45) is 0 Å². The molecule has 0 radical (unpaired) electrons. The summed E-state index contributed by atoms with van der Waals surface area (Å²) in [5, 5.41) is 18.0. The Morgan fingerprint density at radius 3 is 1.81 bits per heavy atom. The van der Waals surface area contributed by atoms with E-state index >= 15 is 0 Å². The SMILES string of the molecule is C=C(COC(CCOC)(CCOC)C(=C)C(=O)O)C(=O)O. The molecular weight excluding hydrogens is 280 g/mol. The molecule has 0 saturated heterocycles. The lowest BCUT2D eigenvalue weighted by atomic mass is 9.87. The Kier molecular flexibility index (Phi) is 8.52. The Hall–Kier alpha value is -1.70.